The van der Waals surface area contributed by atoms with Crippen molar-refractivity contribution >= 4 is 36.6 Å². The maximum Gasteiger partial charge on any atom is 0.139 e. The molecule has 0 bridgehead atoms. The van der Waals surface area contributed by atoms with Gasteiger partial charge in [-0.1, -0.05) is 83.7 Å². The first-order valence-corrected chi connectivity index (χ1v) is 11.1. The summed E-state index contributed by atoms with van der Waals surface area (Å²) in [5.74, 6) is 0. The maximum absolute atomic E-state index is 2.44. The van der Waals surface area contributed by atoms with Gasteiger partial charge >= 0.3 is 0 Å². The summed E-state index contributed by atoms with van der Waals surface area (Å²) in [6.07, 6.45) is 0. The van der Waals surface area contributed by atoms with E-state index in [4.69, 9.17) is 0 Å². The van der Waals surface area contributed by atoms with Gasteiger partial charge in [-0.05, 0) is 34.4 Å². The molecule has 4 aromatic carbocycles. The van der Waals surface area contributed by atoms with E-state index in [1.165, 1.54) is 52.8 Å². The van der Waals surface area contributed by atoms with E-state index in [0.717, 1.165) is 0 Å². The smallest absolute Gasteiger partial charge is 0.130 e. The molecule has 0 amide bonds. The van der Waals surface area contributed by atoms with Crippen LogP contribution in [-0.2, 0) is 0 Å². The highest BCUT2D eigenvalue weighted by molar-refractivity contribution is 8.34. The van der Waals surface area contributed by atoms with Crippen molar-refractivity contribution in [2.45, 2.75) is 19.6 Å². The number of rotatable bonds is 0. The average Bonchev–Trinajstić information content (AvgIpc) is 3.14. The summed E-state index contributed by atoms with van der Waals surface area (Å²) < 4.78 is 0. The van der Waals surface area contributed by atoms with Crippen LogP contribution in [0.25, 0.3) is 22.3 Å². The van der Waals surface area contributed by atoms with Gasteiger partial charge in [-0.15, -0.1) is 10.0 Å². The molecule has 27 heavy (non-hydrogen) atoms. The first-order chi connectivity index (χ1) is 13.2. The molecule has 0 N–H and O–H groups in total. The average molecular weight is 360 g/mol. The quantitative estimate of drug-likeness (QED) is 0.364. The van der Waals surface area contributed by atoms with Crippen molar-refractivity contribution in [1.29, 1.82) is 0 Å². The summed E-state index contributed by atoms with van der Waals surface area (Å²) in [6.45, 7) is 0. The standard InChI is InChI=1S/C24H18B2S/c25-15-9-11-19-20-12-10-16(26)14-24(20)27(23(19)13-15)21-7-3-1-5-17(21)18-6-2-4-8-22(18)27/h1-14H,25-26H2. The maximum atomic E-state index is 2.44. The van der Waals surface area contributed by atoms with Crippen LogP contribution in [0.4, 0.5) is 0 Å². The van der Waals surface area contributed by atoms with Gasteiger partial charge in [-0.2, -0.15) is 0 Å². The molecular formula is C24H18B2S. The highest BCUT2D eigenvalue weighted by Gasteiger charge is 2.47. The largest absolute Gasteiger partial charge is 0.139 e. The molecule has 0 aromatic heterocycles. The topological polar surface area (TPSA) is 0 Å². The normalized spacial score (nSPS) is 15.7. The van der Waals surface area contributed by atoms with Crippen molar-refractivity contribution in [2.24, 2.45) is 0 Å². The lowest BCUT2D eigenvalue weighted by Gasteiger charge is -2.36. The van der Waals surface area contributed by atoms with E-state index in [2.05, 4.69) is 101 Å². The van der Waals surface area contributed by atoms with Crippen molar-refractivity contribution in [3.8, 4) is 22.3 Å². The van der Waals surface area contributed by atoms with Crippen LogP contribution < -0.4 is 10.9 Å². The first kappa shape index (κ1) is 15.4. The van der Waals surface area contributed by atoms with Gasteiger partial charge in [-0.25, -0.2) is 0 Å². The fraction of sp³-hybridized carbons (Fsp3) is 0. The van der Waals surface area contributed by atoms with E-state index in [0.29, 0.717) is 0 Å². The highest BCUT2D eigenvalue weighted by Crippen LogP contribution is 2.84. The Kier molecular flexibility index (Phi) is 2.97. The van der Waals surface area contributed by atoms with E-state index in [-0.39, 0.29) is 0 Å². The summed E-state index contributed by atoms with van der Waals surface area (Å²) in [7, 11) is 3.03. The zero-order valence-electron chi connectivity index (χ0n) is 15.5. The fourth-order valence-corrected chi connectivity index (χ4v) is 9.58. The third-order valence-corrected chi connectivity index (χ3v) is 9.97. The van der Waals surface area contributed by atoms with Crippen LogP contribution >= 0.6 is 10.0 Å². The monoisotopic (exact) mass is 360 g/mol. The van der Waals surface area contributed by atoms with Crippen LogP contribution in [0.15, 0.2) is 105 Å². The van der Waals surface area contributed by atoms with Gasteiger partial charge in [0.1, 0.15) is 15.7 Å². The number of hydrogen-bond acceptors (Lipinski definition) is 0. The van der Waals surface area contributed by atoms with Gasteiger partial charge < -0.3 is 0 Å². The summed E-state index contributed by atoms with van der Waals surface area (Å²) in [5.41, 5.74) is 8.32. The molecule has 2 aliphatic heterocycles. The number of fused-ring (bicyclic) bond motifs is 10. The molecular weight excluding hydrogens is 342 g/mol. The Morgan fingerprint density at radius 3 is 1.33 bits per heavy atom. The number of benzene rings is 4. The molecule has 0 atom stereocenters. The molecule has 2 heterocycles. The van der Waals surface area contributed by atoms with Gasteiger partial charge in [0, 0.05) is 19.6 Å². The Labute approximate surface area is 163 Å². The van der Waals surface area contributed by atoms with E-state index in [1.807, 2.05) is 0 Å². The van der Waals surface area contributed by atoms with Crippen LogP contribution in [0.1, 0.15) is 0 Å². The lowest BCUT2D eigenvalue weighted by Crippen LogP contribution is -2.06. The molecule has 2 aliphatic rings. The highest BCUT2D eigenvalue weighted by atomic mass is 32.3. The fourth-order valence-electron chi connectivity index (χ4n) is 4.83. The van der Waals surface area contributed by atoms with E-state index < -0.39 is 10.0 Å². The summed E-state index contributed by atoms with van der Waals surface area (Å²) in [4.78, 5) is 6.03. The van der Waals surface area contributed by atoms with Crippen molar-refractivity contribution in [3.63, 3.8) is 0 Å². The second-order valence-corrected chi connectivity index (χ2v) is 10.6. The Morgan fingerprint density at radius 1 is 0.444 bits per heavy atom. The van der Waals surface area contributed by atoms with E-state index >= 15 is 0 Å². The van der Waals surface area contributed by atoms with Crippen molar-refractivity contribution < 1.29 is 0 Å². The zero-order valence-corrected chi connectivity index (χ0v) is 16.3. The van der Waals surface area contributed by atoms with E-state index in [1.54, 1.807) is 0 Å². The predicted octanol–water partition coefficient (Wildman–Crippen LogP) is 3.51. The van der Waals surface area contributed by atoms with Crippen molar-refractivity contribution in [2.75, 3.05) is 0 Å². The molecule has 3 heteroatoms. The Bertz CT molecular complexity index is 1160. The minimum Gasteiger partial charge on any atom is -0.130 e. The molecule has 6 rings (SSSR count). The molecule has 0 aliphatic carbocycles. The van der Waals surface area contributed by atoms with Gasteiger partial charge in [0.05, 0.1) is 0 Å². The second kappa shape index (κ2) is 5.21. The molecule has 0 nitrogen and oxygen atoms in total. The third kappa shape index (κ3) is 1.78. The summed E-state index contributed by atoms with van der Waals surface area (Å²) in [6, 6.07) is 32.2. The molecule has 0 saturated heterocycles. The second-order valence-electron chi connectivity index (χ2n) is 7.60. The lowest BCUT2D eigenvalue weighted by molar-refractivity contribution is 1.38. The zero-order chi connectivity index (χ0) is 18.2. The number of hydrogen-bond donors (Lipinski definition) is 0. The van der Waals surface area contributed by atoms with Crippen molar-refractivity contribution in [1.82, 2.24) is 0 Å². The third-order valence-electron chi connectivity index (χ3n) is 5.95. The Balaban J connectivity index is 1.88. The molecule has 0 saturated carbocycles. The van der Waals surface area contributed by atoms with Crippen molar-refractivity contribution in [3.05, 3.63) is 84.9 Å². The molecule has 4 aromatic rings. The molecule has 0 fully saturated rings. The minimum absolute atomic E-state index is 1.34. The minimum atomic E-state index is -1.41. The summed E-state index contributed by atoms with van der Waals surface area (Å²) in [5, 5.41) is 0. The molecule has 0 radical (unpaired) electrons. The van der Waals surface area contributed by atoms with Gasteiger partial charge in [0.2, 0.25) is 0 Å². The van der Waals surface area contributed by atoms with Gasteiger partial charge in [-0.3, -0.25) is 0 Å². The van der Waals surface area contributed by atoms with Gasteiger partial charge in [0.25, 0.3) is 0 Å². The molecule has 1 spiro atoms. The van der Waals surface area contributed by atoms with E-state index in [9.17, 15) is 0 Å². The Hall–Kier alpha value is -2.64. The Morgan fingerprint density at radius 2 is 0.852 bits per heavy atom. The SMILES string of the molecule is Bc1ccc2c(c1)S1(c3ccccc3-c3ccccc31)c1cc(B)ccc1-2. The summed E-state index contributed by atoms with van der Waals surface area (Å²) >= 11 is 0. The van der Waals surface area contributed by atoms with Gasteiger partial charge in [0.15, 0.2) is 0 Å². The van der Waals surface area contributed by atoms with Crippen LogP contribution in [0, 0.1) is 0 Å². The molecule has 0 unspecified atom stereocenters. The molecule has 126 valence electrons. The van der Waals surface area contributed by atoms with Crippen LogP contribution in [0.2, 0.25) is 0 Å². The predicted molar refractivity (Wildman–Crippen MR) is 121 cm³/mol. The van der Waals surface area contributed by atoms with Crippen LogP contribution in [-0.4, -0.2) is 15.7 Å². The van der Waals surface area contributed by atoms with Crippen LogP contribution in [0.3, 0.4) is 0 Å². The first-order valence-electron chi connectivity index (χ1n) is 9.45. The lowest BCUT2D eigenvalue weighted by atomic mass is 9.91. The van der Waals surface area contributed by atoms with Crippen LogP contribution in [0.5, 0.6) is 0 Å².